The number of amides is 2. The van der Waals surface area contributed by atoms with Gasteiger partial charge in [0, 0.05) is 30.4 Å². The molecule has 0 unspecified atom stereocenters. The lowest BCUT2D eigenvalue weighted by Crippen LogP contribution is -2.36. The molecule has 8 heteroatoms. The highest BCUT2D eigenvalue weighted by molar-refractivity contribution is 6.02. The van der Waals surface area contributed by atoms with Crippen molar-refractivity contribution in [2.24, 2.45) is 5.73 Å². The van der Waals surface area contributed by atoms with Crippen molar-refractivity contribution in [2.45, 2.75) is 51.2 Å². The highest BCUT2D eigenvalue weighted by atomic mass is 16.3. The normalized spacial score (nSPS) is 21.1. The van der Waals surface area contributed by atoms with Gasteiger partial charge in [0.15, 0.2) is 0 Å². The lowest BCUT2D eigenvalue weighted by molar-refractivity contribution is -0.114. The van der Waals surface area contributed by atoms with Crippen molar-refractivity contribution in [2.75, 3.05) is 10.6 Å². The third kappa shape index (κ3) is 4.54. The highest BCUT2D eigenvalue weighted by Gasteiger charge is 2.29. The van der Waals surface area contributed by atoms with Crippen molar-refractivity contribution in [1.29, 1.82) is 0 Å². The SMILES string of the molecule is CC(=O)Nc1ccc(-c2cc3c(N[C@H]4CC[C@@](C)(O)CC4)c(C(N)=O)cnn3c2)cc1. The number of aliphatic hydroxyl groups is 1. The Morgan fingerprint density at radius 3 is 2.48 bits per heavy atom. The van der Waals surface area contributed by atoms with Crippen LogP contribution in [0.2, 0.25) is 0 Å². The van der Waals surface area contributed by atoms with E-state index in [1.807, 2.05) is 43.5 Å². The third-order valence-electron chi connectivity index (χ3n) is 5.85. The third-order valence-corrected chi connectivity index (χ3v) is 5.85. The molecule has 0 bridgehead atoms. The molecule has 1 aliphatic rings. The van der Waals surface area contributed by atoms with Crippen molar-refractivity contribution >= 4 is 28.7 Å². The van der Waals surface area contributed by atoms with Crippen LogP contribution < -0.4 is 16.4 Å². The number of aromatic nitrogens is 2. The number of hydrogen-bond donors (Lipinski definition) is 4. The molecule has 0 atom stereocenters. The van der Waals surface area contributed by atoms with Gasteiger partial charge in [-0.1, -0.05) is 12.1 Å². The first kappa shape index (κ1) is 20.9. The summed E-state index contributed by atoms with van der Waals surface area (Å²) in [5, 5.41) is 20.8. The van der Waals surface area contributed by atoms with Gasteiger partial charge in [0.25, 0.3) is 5.91 Å². The van der Waals surface area contributed by atoms with Crippen LogP contribution in [0.25, 0.3) is 16.6 Å². The molecule has 1 fully saturated rings. The second kappa shape index (κ2) is 8.03. The monoisotopic (exact) mass is 421 g/mol. The molecule has 3 aromatic rings. The van der Waals surface area contributed by atoms with Gasteiger partial charge in [-0.3, -0.25) is 9.59 Å². The topological polar surface area (TPSA) is 122 Å². The molecule has 31 heavy (non-hydrogen) atoms. The molecule has 8 nitrogen and oxygen atoms in total. The number of nitrogens with zero attached hydrogens (tertiary/aromatic N) is 2. The number of anilines is 2. The van der Waals surface area contributed by atoms with Crippen molar-refractivity contribution < 1.29 is 14.7 Å². The minimum absolute atomic E-state index is 0.120. The van der Waals surface area contributed by atoms with Crippen LogP contribution in [0.1, 0.15) is 49.9 Å². The first-order valence-electron chi connectivity index (χ1n) is 10.4. The zero-order valence-electron chi connectivity index (χ0n) is 17.7. The second-order valence-corrected chi connectivity index (χ2v) is 8.53. The van der Waals surface area contributed by atoms with Crippen LogP contribution in [-0.4, -0.2) is 38.2 Å². The molecular formula is C23H27N5O3. The lowest BCUT2D eigenvalue weighted by atomic mass is 9.83. The molecule has 2 aromatic heterocycles. The van der Waals surface area contributed by atoms with Crippen molar-refractivity contribution in [1.82, 2.24) is 9.61 Å². The first-order valence-corrected chi connectivity index (χ1v) is 10.4. The summed E-state index contributed by atoms with van der Waals surface area (Å²) in [6.07, 6.45) is 6.39. The number of primary amides is 1. The quantitative estimate of drug-likeness (QED) is 0.504. The number of fused-ring (bicyclic) bond motifs is 1. The Hall–Kier alpha value is -3.39. The number of carbonyl (C=O) groups excluding carboxylic acids is 2. The van der Waals surface area contributed by atoms with Crippen LogP contribution in [-0.2, 0) is 4.79 Å². The van der Waals surface area contributed by atoms with Crippen molar-refractivity contribution in [3.05, 3.63) is 48.3 Å². The summed E-state index contributed by atoms with van der Waals surface area (Å²) in [5.41, 5.74) is 9.37. The van der Waals surface area contributed by atoms with E-state index in [9.17, 15) is 14.7 Å². The van der Waals surface area contributed by atoms with E-state index in [-0.39, 0.29) is 11.9 Å². The van der Waals surface area contributed by atoms with Gasteiger partial charge in [0.2, 0.25) is 5.91 Å². The Bertz CT molecular complexity index is 1120. The van der Waals surface area contributed by atoms with Crippen LogP contribution >= 0.6 is 0 Å². The van der Waals surface area contributed by atoms with Gasteiger partial charge < -0.3 is 21.5 Å². The van der Waals surface area contributed by atoms with Gasteiger partial charge in [-0.25, -0.2) is 4.52 Å². The molecule has 0 saturated heterocycles. The number of nitrogens with two attached hydrogens (primary N) is 1. The largest absolute Gasteiger partial charge is 0.390 e. The standard InChI is InChI=1S/C23H27N5O3/c1-14(29)26-17-5-3-15(4-6-17)16-11-20-21(19(22(24)30)12-25-28(20)13-16)27-18-7-9-23(2,31)10-8-18/h3-6,11-13,18,27,31H,7-10H2,1-2H3,(H2,24,30)(H,26,29)/t18-,23+. The molecule has 0 radical (unpaired) electrons. The summed E-state index contributed by atoms with van der Waals surface area (Å²) >= 11 is 0. The van der Waals surface area contributed by atoms with Gasteiger partial charge in [-0.15, -0.1) is 0 Å². The van der Waals surface area contributed by atoms with Gasteiger partial charge in [-0.2, -0.15) is 5.10 Å². The van der Waals surface area contributed by atoms with Gasteiger partial charge >= 0.3 is 0 Å². The van der Waals surface area contributed by atoms with Gasteiger partial charge in [-0.05, 0) is 56.4 Å². The van der Waals surface area contributed by atoms with Crippen LogP contribution in [0.15, 0.2) is 42.7 Å². The van der Waals surface area contributed by atoms with E-state index in [0.29, 0.717) is 24.1 Å². The molecule has 5 N–H and O–H groups in total. The molecule has 2 amide bonds. The van der Waals surface area contributed by atoms with Crippen molar-refractivity contribution in [3.8, 4) is 11.1 Å². The summed E-state index contributed by atoms with van der Waals surface area (Å²) in [7, 11) is 0. The summed E-state index contributed by atoms with van der Waals surface area (Å²) < 4.78 is 1.73. The Labute approximate surface area is 180 Å². The maximum Gasteiger partial charge on any atom is 0.252 e. The van der Waals surface area contributed by atoms with Gasteiger partial charge in [0.05, 0.1) is 28.6 Å². The van der Waals surface area contributed by atoms with E-state index in [0.717, 1.165) is 35.2 Å². The van der Waals surface area contributed by atoms with E-state index >= 15 is 0 Å². The predicted molar refractivity (Wildman–Crippen MR) is 120 cm³/mol. The molecule has 2 heterocycles. The average Bonchev–Trinajstić information content (AvgIpc) is 3.14. The smallest absolute Gasteiger partial charge is 0.252 e. The van der Waals surface area contributed by atoms with E-state index in [1.54, 1.807) is 4.52 Å². The van der Waals surface area contributed by atoms with E-state index in [1.165, 1.54) is 13.1 Å². The lowest BCUT2D eigenvalue weighted by Gasteiger charge is -2.34. The number of nitrogens with one attached hydrogen (secondary N) is 2. The van der Waals surface area contributed by atoms with Gasteiger partial charge in [0.1, 0.15) is 0 Å². The fourth-order valence-electron chi connectivity index (χ4n) is 4.09. The molecule has 1 aliphatic carbocycles. The Kier molecular flexibility index (Phi) is 5.41. The van der Waals surface area contributed by atoms with Crippen molar-refractivity contribution in [3.63, 3.8) is 0 Å². The summed E-state index contributed by atoms with van der Waals surface area (Å²) in [6, 6.07) is 9.63. The van der Waals surface area contributed by atoms with E-state index in [2.05, 4.69) is 15.7 Å². The molecule has 1 aromatic carbocycles. The first-order chi connectivity index (χ1) is 14.7. The van der Waals surface area contributed by atoms with Crippen LogP contribution in [0.4, 0.5) is 11.4 Å². The molecular weight excluding hydrogens is 394 g/mol. The molecule has 0 aliphatic heterocycles. The van der Waals surface area contributed by atoms with E-state index in [4.69, 9.17) is 5.73 Å². The zero-order valence-corrected chi connectivity index (χ0v) is 17.7. The maximum absolute atomic E-state index is 12.1. The fourth-order valence-corrected chi connectivity index (χ4v) is 4.09. The minimum Gasteiger partial charge on any atom is -0.390 e. The summed E-state index contributed by atoms with van der Waals surface area (Å²) in [6.45, 7) is 3.33. The maximum atomic E-state index is 12.1. The molecule has 4 rings (SSSR count). The van der Waals surface area contributed by atoms with Crippen LogP contribution in [0, 0.1) is 0 Å². The van der Waals surface area contributed by atoms with Crippen LogP contribution in [0.3, 0.4) is 0 Å². The molecule has 162 valence electrons. The van der Waals surface area contributed by atoms with E-state index < -0.39 is 11.5 Å². The fraction of sp³-hybridized carbons (Fsp3) is 0.348. The number of hydrogen-bond acceptors (Lipinski definition) is 5. The Balaban J connectivity index is 1.68. The zero-order chi connectivity index (χ0) is 22.2. The average molecular weight is 422 g/mol. The summed E-state index contributed by atoms with van der Waals surface area (Å²) in [5.74, 6) is -0.659. The number of benzene rings is 1. The minimum atomic E-state index is -0.635. The Morgan fingerprint density at radius 2 is 1.87 bits per heavy atom. The molecule has 1 saturated carbocycles. The molecule has 0 spiro atoms. The second-order valence-electron chi connectivity index (χ2n) is 8.53. The highest BCUT2D eigenvalue weighted by Crippen LogP contribution is 2.33. The predicted octanol–water partition coefficient (Wildman–Crippen LogP) is 3.16. The number of carbonyl (C=O) groups is 2. The summed E-state index contributed by atoms with van der Waals surface area (Å²) in [4.78, 5) is 23.3. The Morgan fingerprint density at radius 1 is 1.19 bits per heavy atom. The van der Waals surface area contributed by atoms with Crippen LogP contribution in [0.5, 0.6) is 0 Å². The number of rotatable bonds is 5.